The van der Waals surface area contributed by atoms with E-state index >= 15 is 0 Å². The first-order valence-electron chi connectivity index (χ1n) is 6.05. The Bertz CT molecular complexity index is 490. The van der Waals surface area contributed by atoms with Gasteiger partial charge in [-0.25, -0.2) is 4.98 Å². The van der Waals surface area contributed by atoms with Crippen molar-refractivity contribution in [2.24, 2.45) is 5.92 Å². The lowest BCUT2D eigenvalue weighted by Gasteiger charge is -2.04. The van der Waals surface area contributed by atoms with Gasteiger partial charge in [0.05, 0.1) is 10.2 Å². The summed E-state index contributed by atoms with van der Waals surface area (Å²) in [5.41, 5.74) is 7.57. The van der Waals surface area contributed by atoms with Gasteiger partial charge >= 0.3 is 0 Å². The van der Waals surface area contributed by atoms with Crippen LogP contribution in [-0.2, 0) is 0 Å². The molecular weight excluding hydrogens is 230 g/mol. The van der Waals surface area contributed by atoms with E-state index in [4.69, 9.17) is 5.73 Å². The Morgan fingerprint density at radius 3 is 3.00 bits per heavy atom. The lowest BCUT2D eigenvalue weighted by atomic mass is 10.1. The maximum Gasteiger partial charge on any atom is 0.183 e. The maximum atomic E-state index is 5.75. The standard InChI is InChI=1S/C13H19N3S/c1-9(2)4-3-7-15-13-16-11-6-5-10(14)8-12(11)17-13/h5-6,8-9H,3-4,7,14H2,1-2H3,(H,15,16). The lowest BCUT2D eigenvalue weighted by molar-refractivity contribution is 0.567. The minimum absolute atomic E-state index is 0.770. The van der Waals surface area contributed by atoms with E-state index in [1.54, 1.807) is 11.3 Å². The quantitative estimate of drug-likeness (QED) is 0.627. The van der Waals surface area contributed by atoms with Crippen molar-refractivity contribution >= 4 is 32.4 Å². The predicted molar refractivity (Wildman–Crippen MR) is 76.6 cm³/mol. The maximum absolute atomic E-state index is 5.75. The zero-order valence-corrected chi connectivity index (χ0v) is 11.2. The van der Waals surface area contributed by atoms with E-state index in [-0.39, 0.29) is 0 Å². The van der Waals surface area contributed by atoms with Crippen LogP contribution in [0.1, 0.15) is 26.7 Å². The molecule has 0 unspecified atom stereocenters. The largest absolute Gasteiger partial charge is 0.399 e. The number of fused-ring (bicyclic) bond motifs is 1. The Kier molecular flexibility index (Phi) is 3.84. The van der Waals surface area contributed by atoms with Gasteiger partial charge in [-0.3, -0.25) is 0 Å². The number of nitrogens with two attached hydrogens (primary N) is 1. The molecule has 0 saturated heterocycles. The number of hydrogen-bond acceptors (Lipinski definition) is 4. The van der Waals surface area contributed by atoms with Gasteiger partial charge in [-0.2, -0.15) is 0 Å². The van der Waals surface area contributed by atoms with Crippen molar-refractivity contribution in [3.05, 3.63) is 18.2 Å². The molecule has 0 bridgehead atoms. The van der Waals surface area contributed by atoms with E-state index in [9.17, 15) is 0 Å². The molecule has 4 heteroatoms. The minimum atomic E-state index is 0.770. The number of aromatic nitrogens is 1. The smallest absolute Gasteiger partial charge is 0.183 e. The highest BCUT2D eigenvalue weighted by Crippen LogP contribution is 2.27. The monoisotopic (exact) mass is 249 g/mol. The van der Waals surface area contributed by atoms with Crippen LogP contribution >= 0.6 is 11.3 Å². The predicted octanol–water partition coefficient (Wildman–Crippen LogP) is 3.73. The van der Waals surface area contributed by atoms with E-state index in [1.807, 2.05) is 18.2 Å². The molecule has 0 saturated carbocycles. The lowest BCUT2D eigenvalue weighted by Crippen LogP contribution is -2.02. The molecule has 0 radical (unpaired) electrons. The van der Waals surface area contributed by atoms with Gasteiger partial charge in [0, 0.05) is 12.2 Å². The van der Waals surface area contributed by atoms with Gasteiger partial charge in [0.25, 0.3) is 0 Å². The zero-order chi connectivity index (χ0) is 12.3. The highest BCUT2D eigenvalue weighted by Gasteiger charge is 2.03. The number of nitrogens with zero attached hydrogens (tertiary/aromatic N) is 1. The van der Waals surface area contributed by atoms with Crippen molar-refractivity contribution in [1.29, 1.82) is 0 Å². The van der Waals surface area contributed by atoms with Crippen molar-refractivity contribution in [1.82, 2.24) is 4.98 Å². The molecule has 0 amide bonds. The number of anilines is 2. The summed E-state index contributed by atoms with van der Waals surface area (Å²) < 4.78 is 1.15. The average molecular weight is 249 g/mol. The van der Waals surface area contributed by atoms with Crippen LogP contribution in [0, 0.1) is 5.92 Å². The van der Waals surface area contributed by atoms with Gasteiger partial charge < -0.3 is 11.1 Å². The van der Waals surface area contributed by atoms with Gasteiger partial charge in [-0.05, 0) is 37.0 Å². The third-order valence-electron chi connectivity index (χ3n) is 2.65. The fourth-order valence-electron chi connectivity index (χ4n) is 1.72. The molecule has 0 atom stereocenters. The SMILES string of the molecule is CC(C)CCCNc1nc2ccc(N)cc2s1. The molecule has 0 aliphatic heterocycles. The fraction of sp³-hybridized carbons (Fsp3) is 0.462. The van der Waals surface area contributed by atoms with Crippen LogP contribution in [-0.4, -0.2) is 11.5 Å². The summed E-state index contributed by atoms with van der Waals surface area (Å²) in [6.07, 6.45) is 2.45. The number of benzene rings is 1. The van der Waals surface area contributed by atoms with E-state index in [1.165, 1.54) is 12.8 Å². The topological polar surface area (TPSA) is 50.9 Å². The number of hydrogen-bond donors (Lipinski definition) is 2. The molecule has 92 valence electrons. The van der Waals surface area contributed by atoms with E-state index < -0.39 is 0 Å². The average Bonchev–Trinajstić information content (AvgIpc) is 2.66. The second-order valence-corrected chi connectivity index (χ2v) is 5.74. The molecule has 1 aromatic carbocycles. The fourth-order valence-corrected chi connectivity index (χ4v) is 2.66. The molecule has 0 aliphatic carbocycles. The second kappa shape index (κ2) is 5.36. The molecule has 0 aliphatic rings. The molecule has 2 rings (SSSR count). The molecular formula is C13H19N3S. The Hall–Kier alpha value is -1.29. The van der Waals surface area contributed by atoms with Crippen LogP contribution < -0.4 is 11.1 Å². The number of thiazole rings is 1. The Balaban J connectivity index is 1.95. The second-order valence-electron chi connectivity index (χ2n) is 4.71. The minimum Gasteiger partial charge on any atom is -0.399 e. The number of nitrogen functional groups attached to an aromatic ring is 1. The zero-order valence-electron chi connectivity index (χ0n) is 10.4. The van der Waals surface area contributed by atoms with Gasteiger partial charge in [0.2, 0.25) is 0 Å². The van der Waals surface area contributed by atoms with E-state index in [2.05, 4.69) is 24.1 Å². The van der Waals surface area contributed by atoms with E-state index in [0.717, 1.165) is 33.5 Å². The molecule has 0 fully saturated rings. The molecule has 3 N–H and O–H groups in total. The highest BCUT2D eigenvalue weighted by atomic mass is 32.1. The van der Waals surface area contributed by atoms with Gasteiger partial charge in [-0.15, -0.1) is 0 Å². The molecule has 1 aromatic heterocycles. The Morgan fingerprint density at radius 1 is 1.41 bits per heavy atom. The third-order valence-corrected chi connectivity index (χ3v) is 3.62. The highest BCUT2D eigenvalue weighted by molar-refractivity contribution is 7.22. The summed E-state index contributed by atoms with van der Waals surface area (Å²) >= 11 is 1.67. The summed E-state index contributed by atoms with van der Waals surface area (Å²) in [5, 5.41) is 4.37. The first kappa shape index (κ1) is 12.2. The van der Waals surface area contributed by atoms with Crippen molar-refractivity contribution in [2.45, 2.75) is 26.7 Å². The summed E-state index contributed by atoms with van der Waals surface area (Å²) in [7, 11) is 0. The van der Waals surface area contributed by atoms with Crippen LogP contribution in [0.15, 0.2) is 18.2 Å². The van der Waals surface area contributed by atoms with E-state index in [0.29, 0.717) is 0 Å². The summed E-state index contributed by atoms with van der Waals surface area (Å²) in [4.78, 5) is 4.52. The Labute approximate surface area is 106 Å². The van der Waals surface area contributed by atoms with Gasteiger partial charge in [-0.1, -0.05) is 25.2 Å². The number of rotatable bonds is 5. The Morgan fingerprint density at radius 2 is 2.24 bits per heavy atom. The normalized spacial score (nSPS) is 11.2. The summed E-state index contributed by atoms with van der Waals surface area (Å²) in [5.74, 6) is 0.770. The molecule has 17 heavy (non-hydrogen) atoms. The van der Waals surface area contributed by atoms with Crippen LogP contribution in [0.25, 0.3) is 10.2 Å². The van der Waals surface area contributed by atoms with Crippen molar-refractivity contribution in [3.63, 3.8) is 0 Å². The molecule has 2 aromatic rings. The third kappa shape index (κ3) is 3.33. The van der Waals surface area contributed by atoms with Crippen molar-refractivity contribution in [3.8, 4) is 0 Å². The molecule has 3 nitrogen and oxygen atoms in total. The van der Waals surface area contributed by atoms with Crippen molar-refractivity contribution < 1.29 is 0 Å². The van der Waals surface area contributed by atoms with Gasteiger partial charge in [0.15, 0.2) is 5.13 Å². The first-order chi connectivity index (χ1) is 8.15. The first-order valence-corrected chi connectivity index (χ1v) is 6.87. The molecule has 1 heterocycles. The van der Waals surface area contributed by atoms with Crippen LogP contribution in [0.5, 0.6) is 0 Å². The van der Waals surface area contributed by atoms with Crippen LogP contribution in [0.2, 0.25) is 0 Å². The summed E-state index contributed by atoms with van der Waals surface area (Å²) in [6, 6.07) is 5.84. The van der Waals surface area contributed by atoms with Crippen LogP contribution in [0.3, 0.4) is 0 Å². The summed E-state index contributed by atoms with van der Waals surface area (Å²) in [6.45, 7) is 5.49. The van der Waals surface area contributed by atoms with Gasteiger partial charge in [0.1, 0.15) is 0 Å². The molecule has 0 spiro atoms. The number of nitrogens with one attached hydrogen (secondary N) is 1. The van der Waals surface area contributed by atoms with Crippen molar-refractivity contribution in [2.75, 3.05) is 17.6 Å². The van der Waals surface area contributed by atoms with Crippen LogP contribution in [0.4, 0.5) is 10.8 Å².